The van der Waals surface area contributed by atoms with Crippen molar-refractivity contribution in [2.45, 2.75) is 19.8 Å². The third kappa shape index (κ3) is 5.51. The van der Waals surface area contributed by atoms with Crippen LogP contribution in [0.25, 0.3) is 0 Å². The number of pyridine rings is 1. The quantitative estimate of drug-likeness (QED) is 0.454. The number of anilines is 2. The Morgan fingerprint density at radius 2 is 1.68 bits per heavy atom. The summed E-state index contributed by atoms with van der Waals surface area (Å²) in [6, 6.07) is 20.8. The summed E-state index contributed by atoms with van der Waals surface area (Å²) in [6.45, 7) is 2.15. The molecule has 0 atom stereocenters. The Hall–Kier alpha value is -3.47. The fourth-order valence-corrected chi connectivity index (χ4v) is 2.82. The van der Waals surface area contributed by atoms with Gasteiger partial charge in [0.05, 0.1) is 0 Å². The van der Waals surface area contributed by atoms with Gasteiger partial charge < -0.3 is 10.6 Å². The summed E-state index contributed by atoms with van der Waals surface area (Å²) < 4.78 is 0. The van der Waals surface area contributed by atoms with Crippen LogP contribution in [0, 0.1) is 0 Å². The van der Waals surface area contributed by atoms with E-state index in [9.17, 15) is 9.59 Å². The van der Waals surface area contributed by atoms with Crippen LogP contribution in [0.3, 0.4) is 0 Å². The summed E-state index contributed by atoms with van der Waals surface area (Å²) in [4.78, 5) is 28.0. The smallest absolute Gasteiger partial charge is 0.251 e. The number of hydrogen-bond acceptors (Lipinski definition) is 4. The molecule has 1 amide bonds. The normalized spacial score (nSPS) is 10.3. The molecule has 142 valence electrons. The maximum atomic E-state index is 12.4. The first-order chi connectivity index (χ1) is 13.6. The van der Waals surface area contributed by atoms with E-state index in [0.29, 0.717) is 23.5 Å². The molecule has 0 radical (unpaired) electrons. The van der Waals surface area contributed by atoms with Gasteiger partial charge >= 0.3 is 0 Å². The Balaban J connectivity index is 1.53. The maximum Gasteiger partial charge on any atom is 0.251 e. The summed E-state index contributed by atoms with van der Waals surface area (Å²) in [5.74, 6) is 0.480. The molecule has 2 aromatic carbocycles. The average Bonchev–Trinajstić information content (AvgIpc) is 2.72. The number of carbonyl (C=O) groups is 2. The monoisotopic (exact) mass is 373 g/mol. The summed E-state index contributed by atoms with van der Waals surface area (Å²) in [6.07, 6.45) is 3.42. The highest BCUT2D eigenvalue weighted by atomic mass is 16.1. The number of nitrogens with zero attached hydrogens (tertiary/aromatic N) is 1. The molecule has 0 unspecified atom stereocenters. The van der Waals surface area contributed by atoms with Crippen LogP contribution in [0.1, 0.15) is 39.6 Å². The van der Waals surface area contributed by atoms with Crippen LogP contribution < -0.4 is 10.6 Å². The molecule has 3 rings (SSSR count). The van der Waals surface area contributed by atoms with Gasteiger partial charge in [0.1, 0.15) is 5.82 Å². The lowest BCUT2D eigenvalue weighted by atomic mass is 10.1. The molecular formula is C23H23N3O2. The van der Waals surface area contributed by atoms with Crippen LogP contribution in [0.15, 0.2) is 72.9 Å². The topological polar surface area (TPSA) is 71.1 Å². The van der Waals surface area contributed by atoms with Gasteiger partial charge in [-0.1, -0.05) is 30.3 Å². The standard InChI is InChI=1S/C23H23N3O2/c1-17(27)19-9-11-21(12-10-19)26-22-16-20(13-15-24-22)23(28)25-14-5-8-18-6-3-2-4-7-18/h2-4,6-7,9-13,15-16H,5,8,14H2,1H3,(H,24,26)(H,25,28). The van der Waals surface area contributed by atoms with Crippen LogP contribution in [-0.4, -0.2) is 23.2 Å². The van der Waals surface area contributed by atoms with Gasteiger partial charge in [0.15, 0.2) is 5.78 Å². The van der Waals surface area contributed by atoms with Gasteiger partial charge in [-0.25, -0.2) is 4.98 Å². The zero-order chi connectivity index (χ0) is 19.8. The second-order valence-electron chi connectivity index (χ2n) is 6.53. The molecule has 0 saturated heterocycles. The van der Waals surface area contributed by atoms with E-state index in [1.165, 1.54) is 12.5 Å². The lowest BCUT2D eigenvalue weighted by Crippen LogP contribution is -2.24. The third-order valence-electron chi connectivity index (χ3n) is 4.36. The van der Waals surface area contributed by atoms with Crippen molar-refractivity contribution in [1.82, 2.24) is 10.3 Å². The zero-order valence-corrected chi connectivity index (χ0v) is 15.8. The Labute approximate surface area is 164 Å². The van der Waals surface area contributed by atoms with Gasteiger partial charge in [-0.05, 0) is 61.7 Å². The van der Waals surface area contributed by atoms with E-state index in [0.717, 1.165) is 18.5 Å². The molecule has 0 aliphatic rings. The second kappa shape index (κ2) is 9.46. The number of benzene rings is 2. The van der Waals surface area contributed by atoms with Gasteiger partial charge in [-0.3, -0.25) is 9.59 Å². The average molecular weight is 373 g/mol. The van der Waals surface area contributed by atoms with Crippen molar-refractivity contribution in [1.29, 1.82) is 0 Å². The van der Waals surface area contributed by atoms with Gasteiger partial charge in [-0.2, -0.15) is 0 Å². The van der Waals surface area contributed by atoms with Crippen molar-refractivity contribution >= 4 is 23.2 Å². The minimum absolute atomic E-state index is 0.0237. The Morgan fingerprint density at radius 3 is 2.39 bits per heavy atom. The van der Waals surface area contributed by atoms with E-state index in [4.69, 9.17) is 0 Å². The largest absolute Gasteiger partial charge is 0.352 e. The minimum atomic E-state index is -0.120. The molecule has 1 heterocycles. The highest BCUT2D eigenvalue weighted by Gasteiger charge is 2.07. The number of ketones is 1. The Kier molecular flexibility index (Phi) is 6.52. The van der Waals surface area contributed by atoms with Crippen molar-refractivity contribution < 1.29 is 9.59 Å². The minimum Gasteiger partial charge on any atom is -0.352 e. The number of hydrogen-bond donors (Lipinski definition) is 2. The van der Waals surface area contributed by atoms with Crippen LogP contribution in [0.2, 0.25) is 0 Å². The van der Waals surface area contributed by atoms with E-state index in [-0.39, 0.29) is 11.7 Å². The van der Waals surface area contributed by atoms with Gasteiger partial charge in [-0.15, -0.1) is 0 Å². The highest BCUT2D eigenvalue weighted by molar-refractivity contribution is 5.95. The van der Waals surface area contributed by atoms with Crippen molar-refractivity contribution in [3.8, 4) is 0 Å². The van der Waals surface area contributed by atoms with Crippen molar-refractivity contribution in [2.24, 2.45) is 0 Å². The second-order valence-corrected chi connectivity index (χ2v) is 6.53. The Morgan fingerprint density at radius 1 is 0.929 bits per heavy atom. The van der Waals surface area contributed by atoms with E-state index < -0.39 is 0 Å². The van der Waals surface area contributed by atoms with E-state index in [2.05, 4.69) is 27.8 Å². The summed E-state index contributed by atoms with van der Waals surface area (Å²) in [5, 5.41) is 6.10. The van der Waals surface area contributed by atoms with E-state index >= 15 is 0 Å². The molecule has 0 saturated carbocycles. The molecule has 0 fully saturated rings. The van der Waals surface area contributed by atoms with Gasteiger partial charge in [0.25, 0.3) is 5.91 Å². The molecule has 3 aromatic rings. The van der Waals surface area contributed by atoms with E-state index in [1.807, 2.05) is 30.3 Å². The molecule has 28 heavy (non-hydrogen) atoms. The molecule has 5 heteroatoms. The number of carbonyl (C=O) groups excluding carboxylic acids is 2. The number of nitrogens with one attached hydrogen (secondary N) is 2. The number of aryl methyl sites for hydroxylation is 1. The zero-order valence-electron chi connectivity index (χ0n) is 15.8. The predicted molar refractivity (Wildman–Crippen MR) is 111 cm³/mol. The maximum absolute atomic E-state index is 12.4. The highest BCUT2D eigenvalue weighted by Crippen LogP contribution is 2.16. The third-order valence-corrected chi connectivity index (χ3v) is 4.36. The number of aromatic nitrogens is 1. The van der Waals surface area contributed by atoms with E-state index in [1.54, 1.807) is 30.5 Å². The summed E-state index contributed by atoms with van der Waals surface area (Å²) in [7, 11) is 0. The number of amides is 1. The molecular weight excluding hydrogens is 350 g/mol. The molecule has 0 bridgehead atoms. The first-order valence-electron chi connectivity index (χ1n) is 9.28. The van der Waals surface area contributed by atoms with Crippen molar-refractivity contribution in [3.63, 3.8) is 0 Å². The number of Topliss-reactive ketones (excluding diaryl/α,β-unsaturated/α-hetero) is 1. The molecule has 2 N–H and O–H groups in total. The predicted octanol–water partition coefficient (Wildman–Crippen LogP) is 4.39. The first-order valence-corrected chi connectivity index (χ1v) is 9.28. The fourth-order valence-electron chi connectivity index (χ4n) is 2.82. The van der Waals surface area contributed by atoms with Crippen LogP contribution in [0.5, 0.6) is 0 Å². The Bertz CT molecular complexity index is 938. The van der Waals surface area contributed by atoms with Crippen LogP contribution in [0.4, 0.5) is 11.5 Å². The SMILES string of the molecule is CC(=O)c1ccc(Nc2cc(C(=O)NCCCc3ccccc3)ccn2)cc1. The molecule has 0 spiro atoms. The molecule has 0 aliphatic heterocycles. The summed E-state index contributed by atoms with van der Waals surface area (Å²) in [5.41, 5.74) is 3.28. The lowest BCUT2D eigenvalue weighted by molar-refractivity contribution is 0.0952. The fraction of sp³-hybridized carbons (Fsp3) is 0.174. The van der Waals surface area contributed by atoms with Crippen LogP contribution in [-0.2, 0) is 6.42 Å². The molecule has 0 aliphatic carbocycles. The molecule has 1 aromatic heterocycles. The lowest BCUT2D eigenvalue weighted by Gasteiger charge is -2.09. The van der Waals surface area contributed by atoms with Gasteiger partial charge in [0.2, 0.25) is 0 Å². The summed E-state index contributed by atoms with van der Waals surface area (Å²) >= 11 is 0. The van der Waals surface area contributed by atoms with Gasteiger partial charge in [0, 0.05) is 29.6 Å². The number of rotatable bonds is 8. The van der Waals surface area contributed by atoms with Crippen molar-refractivity contribution in [3.05, 3.63) is 89.6 Å². The van der Waals surface area contributed by atoms with Crippen LogP contribution >= 0.6 is 0 Å². The first kappa shape index (κ1) is 19.3. The van der Waals surface area contributed by atoms with Crippen molar-refractivity contribution in [2.75, 3.05) is 11.9 Å². The molecule has 5 nitrogen and oxygen atoms in total.